The van der Waals surface area contributed by atoms with Crippen LogP contribution in [0.15, 0.2) is 77.2 Å². The van der Waals surface area contributed by atoms with E-state index in [9.17, 15) is 18.5 Å². The lowest BCUT2D eigenvalue weighted by atomic mass is 10.1. The molecule has 10 heteroatoms. The Morgan fingerprint density at radius 2 is 1.76 bits per heavy atom. The zero-order valence-electron chi connectivity index (χ0n) is 20.8. The zero-order chi connectivity index (χ0) is 27.1. The Kier molecular flexibility index (Phi) is 8.56. The van der Waals surface area contributed by atoms with E-state index in [2.05, 4.69) is 10.0 Å². The highest BCUT2D eigenvalue weighted by Gasteiger charge is 2.25. The minimum Gasteiger partial charge on any atom is -0.497 e. The van der Waals surface area contributed by atoms with Crippen LogP contribution in [-0.2, 0) is 14.8 Å². The predicted molar refractivity (Wildman–Crippen MR) is 150 cm³/mol. The van der Waals surface area contributed by atoms with E-state index in [4.69, 9.17) is 16.3 Å². The first-order valence-corrected chi connectivity index (χ1v) is 13.9. The molecule has 0 aliphatic carbocycles. The Hall–Kier alpha value is -4.00. The molecule has 0 spiro atoms. The van der Waals surface area contributed by atoms with E-state index in [-0.39, 0.29) is 26.9 Å². The number of ether oxygens (including phenoxy) is 1. The Labute approximate surface area is 227 Å². The van der Waals surface area contributed by atoms with E-state index in [0.29, 0.717) is 17.0 Å². The number of nitriles is 1. The van der Waals surface area contributed by atoms with Crippen LogP contribution in [0.5, 0.6) is 5.75 Å². The van der Waals surface area contributed by atoms with Crippen molar-refractivity contribution in [1.29, 1.82) is 5.26 Å². The monoisotopic (exact) mass is 550 g/mol. The van der Waals surface area contributed by atoms with Crippen molar-refractivity contribution in [2.75, 3.05) is 35.1 Å². The Morgan fingerprint density at radius 1 is 1.05 bits per heavy atom. The van der Waals surface area contributed by atoms with Crippen molar-refractivity contribution in [1.82, 2.24) is 0 Å². The summed E-state index contributed by atoms with van der Waals surface area (Å²) in [5, 5.41) is 12.5. The molecule has 1 amide bonds. The first kappa shape index (κ1) is 27.0. The number of anilines is 3. The van der Waals surface area contributed by atoms with Gasteiger partial charge in [-0.15, -0.1) is 0 Å². The maximum absolute atomic E-state index is 13.6. The third-order valence-electron chi connectivity index (χ3n) is 6.11. The summed E-state index contributed by atoms with van der Waals surface area (Å²) in [7, 11) is -2.52. The summed E-state index contributed by atoms with van der Waals surface area (Å²) in [6.07, 6.45) is 4.45. The van der Waals surface area contributed by atoms with Gasteiger partial charge in [-0.3, -0.25) is 9.52 Å². The van der Waals surface area contributed by atoms with Crippen LogP contribution in [0.4, 0.5) is 17.1 Å². The van der Waals surface area contributed by atoms with E-state index >= 15 is 0 Å². The molecule has 3 aromatic carbocycles. The van der Waals surface area contributed by atoms with Gasteiger partial charge in [0.05, 0.1) is 23.5 Å². The first-order valence-electron chi connectivity index (χ1n) is 12.0. The number of carbonyl (C=O) groups excluding carboxylic acids is 1. The van der Waals surface area contributed by atoms with Gasteiger partial charge < -0.3 is 15.0 Å². The number of para-hydroxylation sites is 1. The molecule has 1 saturated heterocycles. The van der Waals surface area contributed by atoms with Gasteiger partial charge in [-0.25, -0.2) is 8.42 Å². The van der Waals surface area contributed by atoms with Gasteiger partial charge in [0.25, 0.3) is 15.9 Å². The van der Waals surface area contributed by atoms with Crippen molar-refractivity contribution in [3.8, 4) is 11.8 Å². The molecule has 8 nitrogen and oxygen atoms in total. The second kappa shape index (κ2) is 12.0. The molecule has 1 aliphatic rings. The van der Waals surface area contributed by atoms with Gasteiger partial charge in [0.2, 0.25) is 0 Å². The average Bonchev–Trinajstić information content (AvgIpc) is 2.93. The Bertz CT molecular complexity index is 1490. The zero-order valence-corrected chi connectivity index (χ0v) is 22.3. The Balaban J connectivity index is 1.66. The second-order valence-corrected chi connectivity index (χ2v) is 10.8. The number of hydrogen-bond donors (Lipinski definition) is 2. The molecule has 0 radical (unpaired) electrons. The number of hydrogen-bond acceptors (Lipinski definition) is 6. The van der Waals surface area contributed by atoms with Crippen molar-refractivity contribution >= 4 is 50.7 Å². The predicted octanol–water partition coefficient (Wildman–Crippen LogP) is 5.69. The number of carbonyl (C=O) groups is 1. The van der Waals surface area contributed by atoms with Crippen molar-refractivity contribution in [3.05, 3.63) is 82.9 Å². The molecular formula is C28H27ClN4O4S. The largest absolute Gasteiger partial charge is 0.497 e. The topological polar surface area (TPSA) is 112 Å². The number of nitrogens with one attached hydrogen (secondary N) is 2. The highest BCUT2D eigenvalue weighted by atomic mass is 35.5. The van der Waals surface area contributed by atoms with E-state index < -0.39 is 15.9 Å². The van der Waals surface area contributed by atoms with Gasteiger partial charge in [-0.05, 0) is 73.4 Å². The molecule has 1 fully saturated rings. The van der Waals surface area contributed by atoms with Crippen LogP contribution in [0.25, 0.3) is 6.08 Å². The summed E-state index contributed by atoms with van der Waals surface area (Å²) >= 11 is 6.20. The van der Waals surface area contributed by atoms with E-state index in [0.717, 1.165) is 32.4 Å². The summed E-state index contributed by atoms with van der Waals surface area (Å²) in [5.74, 6) is -0.00510. The van der Waals surface area contributed by atoms with Gasteiger partial charge in [0, 0.05) is 18.8 Å². The normalized spacial score (nSPS) is 13.9. The van der Waals surface area contributed by atoms with E-state index in [1.54, 1.807) is 67.8 Å². The van der Waals surface area contributed by atoms with Gasteiger partial charge in [0.15, 0.2) is 0 Å². The van der Waals surface area contributed by atoms with E-state index in [1.165, 1.54) is 12.1 Å². The molecule has 196 valence electrons. The fraction of sp³-hybridized carbons (Fsp3) is 0.214. The van der Waals surface area contributed by atoms with E-state index in [1.807, 2.05) is 11.0 Å². The molecule has 1 aliphatic heterocycles. The van der Waals surface area contributed by atoms with Crippen LogP contribution in [0, 0.1) is 11.3 Å². The number of halogens is 1. The summed E-state index contributed by atoms with van der Waals surface area (Å²) in [5.41, 5.74) is 1.55. The second-order valence-electron chi connectivity index (χ2n) is 8.71. The Morgan fingerprint density at radius 3 is 2.42 bits per heavy atom. The number of benzene rings is 3. The number of rotatable bonds is 8. The van der Waals surface area contributed by atoms with Crippen LogP contribution < -0.4 is 19.7 Å². The summed E-state index contributed by atoms with van der Waals surface area (Å²) < 4.78 is 34.8. The molecule has 0 unspecified atom stereocenters. The highest BCUT2D eigenvalue weighted by molar-refractivity contribution is 7.93. The molecule has 2 N–H and O–H groups in total. The molecule has 38 heavy (non-hydrogen) atoms. The van der Waals surface area contributed by atoms with Crippen molar-refractivity contribution in [2.24, 2.45) is 0 Å². The minimum atomic E-state index is -4.07. The van der Waals surface area contributed by atoms with Crippen LogP contribution in [-0.4, -0.2) is 34.5 Å². The fourth-order valence-corrected chi connectivity index (χ4v) is 5.73. The SMILES string of the molecule is COc1ccc(/C=C(/C#N)C(=O)Nc2ccc(N3CCCCC3)c(S(=O)(=O)Nc3ccccc3Cl)c2)cc1. The summed E-state index contributed by atoms with van der Waals surface area (Å²) in [6.45, 7) is 1.45. The van der Waals surface area contributed by atoms with Crippen molar-refractivity contribution in [3.63, 3.8) is 0 Å². The standard InChI is InChI=1S/C28H27ClN4O4S/c1-37-23-12-9-20(10-13-23)17-21(19-30)28(34)31-22-11-14-26(33-15-5-2-6-16-33)27(18-22)38(35,36)32-25-8-4-3-7-24(25)29/h3-4,7-14,17-18,32H,2,5-6,15-16H2,1H3,(H,31,34)/b21-17-. The smallest absolute Gasteiger partial charge is 0.266 e. The maximum Gasteiger partial charge on any atom is 0.266 e. The number of nitrogens with zero attached hydrogens (tertiary/aromatic N) is 2. The highest BCUT2D eigenvalue weighted by Crippen LogP contribution is 2.33. The van der Waals surface area contributed by atoms with Gasteiger partial charge in [-0.1, -0.05) is 35.9 Å². The quantitative estimate of drug-likeness (QED) is 0.275. The van der Waals surface area contributed by atoms with Crippen molar-refractivity contribution < 1.29 is 17.9 Å². The molecule has 3 aromatic rings. The summed E-state index contributed by atoms with van der Waals surface area (Å²) in [6, 6.07) is 20.1. The molecule has 0 saturated carbocycles. The lowest BCUT2D eigenvalue weighted by Gasteiger charge is -2.30. The first-order chi connectivity index (χ1) is 18.3. The molecule has 0 atom stereocenters. The molecule has 1 heterocycles. The molecule has 0 bridgehead atoms. The minimum absolute atomic E-state index is 0.00904. The lowest BCUT2D eigenvalue weighted by Crippen LogP contribution is -2.31. The summed E-state index contributed by atoms with van der Waals surface area (Å²) in [4.78, 5) is 15.0. The van der Waals surface area contributed by atoms with Crippen LogP contribution in [0.2, 0.25) is 5.02 Å². The number of sulfonamides is 1. The van der Waals surface area contributed by atoms with Gasteiger partial charge in [-0.2, -0.15) is 5.26 Å². The van der Waals surface area contributed by atoms with Crippen LogP contribution >= 0.6 is 11.6 Å². The van der Waals surface area contributed by atoms with Crippen molar-refractivity contribution in [2.45, 2.75) is 24.2 Å². The lowest BCUT2D eigenvalue weighted by molar-refractivity contribution is -0.112. The third kappa shape index (κ3) is 6.46. The molecule has 4 rings (SSSR count). The fourth-order valence-electron chi connectivity index (χ4n) is 4.16. The number of piperidine rings is 1. The van der Waals surface area contributed by atoms with Crippen LogP contribution in [0.3, 0.4) is 0 Å². The van der Waals surface area contributed by atoms with Gasteiger partial charge in [0.1, 0.15) is 22.3 Å². The average molecular weight is 551 g/mol. The molecular weight excluding hydrogens is 524 g/mol. The molecule has 0 aromatic heterocycles. The third-order valence-corrected chi connectivity index (χ3v) is 7.84. The van der Waals surface area contributed by atoms with Crippen LogP contribution in [0.1, 0.15) is 24.8 Å². The number of methoxy groups -OCH3 is 1. The van der Waals surface area contributed by atoms with Gasteiger partial charge >= 0.3 is 0 Å². The number of amides is 1. The maximum atomic E-state index is 13.6.